The fraction of sp³-hybridized carbons (Fsp3) is 0.294. The van der Waals surface area contributed by atoms with Crippen molar-refractivity contribution in [3.63, 3.8) is 0 Å². The van der Waals surface area contributed by atoms with Gasteiger partial charge in [-0.15, -0.1) is 0 Å². The topological polar surface area (TPSA) is 80.6 Å². The number of furan rings is 1. The summed E-state index contributed by atoms with van der Waals surface area (Å²) < 4.78 is 10.6. The van der Waals surface area contributed by atoms with E-state index >= 15 is 0 Å². The number of amides is 2. The van der Waals surface area contributed by atoms with Crippen LogP contribution in [0.4, 0.5) is 0 Å². The Hall–Kier alpha value is -2.76. The third-order valence-electron chi connectivity index (χ3n) is 3.23. The van der Waals surface area contributed by atoms with E-state index in [9.17, 15) is 9.59 Å². The number of hydrazine groups is 1. The highest BCUT2D eigenvalue weighted by Crippen LogP contribution is 2.12. The molecule has 2 N–H and O–H groups in total. The molecule has 1 aromatic carbocycles. The van der Waals surface area contributed by atoms with Crippen molar-refractivity contribution in [3.8, 4) is 5.75 Å². The molecule has 2 rings (SSSR count). The summed E-state index contributed by atoms with van der Waals surface area (Å²) in [5.74, 6) is 0.616. The Kier molecular flexibility index (Phi) is 5.80. The molecular formula is C17H20N2O4. The van der Waals surface area contributed by atoms with E-state index in [-0.39, 0.29) is 12.3 Å². The summed E-state index contributed by atoms with van der Waals surface area (Å²) in [5, 5.41) is 0. The predicted molar refractivity (Wildman–Crippen MR) is 85.0 cm³/mol. The van der Waals surface area contributed by atoms with Gasteiger partial charge in [0.1, 0.15) is 11.5 Å². The number of rotatable bonds is 6. The van der Waals surface area contributed by atoms with E-state index in [1.54, 1.807) is 13.0 Å². The molecule has 2 amide bonds. The van der Waals surface area contributed by atoms with Crippen molar-refractivity contribution in [2.75, 3.05) is 6.61 Å². The molecule has 0 radical (unpaired) electrons. The maximum atomic E-state index is 11.8. The van der Waals surface area contributed by atoms with Crippen LogP contribution in [0.3, 0.4) is 0 Å². The summed E-state index contributed by atoms with van der Waals surface area (Å²) in [6, 6.07) is 9.27. The Labute approximate surface area is 134 Å². The van der Waals surface area contributed by atoms with Crippen LogP contribution >= 0.6 is 0 Å². The quantitative estimate of drug-likeness (QED) is 0.634. The van der Waals surface area contributed by atoms with Crippen molar-refractivity contribution in [2.45, 2.75) is 26.7 Å². The molecule has 2 aromatic rings. The highest BCUT2D eigenvalue weighted by Gasteiger charge is 2.11. The molecule has 0 aliphatic rings. The summed E-state index contributed by atoms with van der Waals surface area (Å²) in [4.78, 5) is 23.4. The first-order chi connectivity index (χ1) is 11.1. The smallest absolute Gasteiger partial charge is 0.273 e. The summed E-state index contributed by atoms with van der Waals surface area (Å²) in [5.41, 5.74) is 6.24. The molecule has 6 heteroatoms. The number of carbonyl (C=O) groups is 2. The van der Waals surface area contributed by atoms with Crippen molar-refractivity contribution >= 4 is 11.8 Å². The standard InChI is InChI=1S/C17H20N2O4/c1-12-5-3-6-14(11-12)23-9-4-7-16(20)18-19-17(21)15-8-10-22-13(15)2/h3,5-6,8,10-11H,4,7,9H2,1-2H3,(H,18,20)(H,19,21). The lowest BCUT2D eigenvalue weighted by Crippen LogP contribution is -2.41. The Bertz CT molecular complexity index is 679. The van der Waals surface area contributed by atoms with Gasteiger partial charge >= 0.3 is 0 Å². The molecule has 0 bridgehead atoms. The van der Waals surface area contributed by atoms with Gasteiger partial charge in [-0.2, -0.15) is 0 Å². The molecule has 0 aliphatic carbocycles. The van der Waals surface area contributed by atoms with E-state index in [4.69, 9.17) is 9.15 Å². The van der Waals surface area contributed by atoms with Crippen LogP contribution in [0, 0.1) is 13.8 Å². The van der Waals surface area contributed by atoms with Crippen LogP contribution in [0.1, 0.15) is 34.5 Å². The molecule has 0 aliphatic heterocycles. The molecule has 23 heavy (non-hydrogen) atoms. The van der Waals surface area contributed by atoms with Crippen molar-refractivity contribution in [3.05, 3.63) is 53.5 Å². The van der Waals surface area contributed by atoms with E-state index in [0.29, 0.717) is 24.4 Å². The maximum absolute atomic E-state index is 11.8. The second kappa shape index (κ2) is 8.03. The number of carbonyl (C=O) groups excluding carboxylic acids is 2. The molecule has 0 saturated heterocycles. The number of nitrogens with one attached hydrogen (secondary N) is 2. The Morgan fingerprint density at radius 2 is 2.00 bits per heavy atom. The van der Waals surface area contributed by atoms with Crippen LogP contribution < -0.4 is 15.6 Å². The van der Waals surface area contributed by atoms with E-state index in [2.05, 4.69) is 10.9 Å². The van der Waals surface area contributed by atoms with Crippen LogP contribution in [-0.2, 0) is 4.79 Å². The van der Waals surface area contributed by atoms with Crippen LogP contribution in [0.5, 0.6) is 5.75 Å². The van der Waals surface area contributed by atoms with Gasteiger partial charge in [0.05, 0.1) is 18.4 Å². The fourth-order valence-electron chi connectivity index (χ4n) is 2.00. The third-order valence-corrected chi connectivity index (χ3v) is 3.23. The van der Waals surface area contributed by atoms with Gasteiger partial charge in [0, 0.05) is 6.42 Å². The molecule has 122 valence electrons. The third kappa shape index (κ3) is 5.18. The molecular weight excluding hydrogens is 296 g/mol. The lowest BCUT2D eigenvalue weighted by atomic mass is 10.2. The van der Waals surface area contributed by atoms with Crippen molar-refractivity contribution in [2.24, 2.45) is 0 Å². The van der Waals surface area contributed by atoms with Crippen LogP contribution in [-0.4, -0.2) is 18.4 Å². The lowest BCUT2D eigenvalue weighted by Gasteiger charge is -2.08. The summed E-state index contributed by atoms with van der Waals surface area (Å²) in [7, 11) is 0. The minimum Gasteiger partial charge on any atom is -0.494 e. The first-order valence-electron chi connectivity index (χ1n) is 7.39. The molecule has 0 unspecified atom stereocenters. The number of hydrogen-bond donors (Lipinski definition) is 2. The van der Waals surface area contributed by atoms with Crippen LogP contribution in [0.2, 0.25) is 0 Å². The zero-order valence-electron chi connectivity index (χ0n) is 13.2. The van der Waals surface area contributed by atoms with Crippen LogP contribution in [0.25, 0.3) is 0 Å². The van der Waals surface area contributed by atoms with Gasteiger partial charge in [0.2, 0.25) is 5.91 Å². The highest BCUT2D eigenvalue weighted by molar-refractivity contribution is 5.96. The van der Waals surface area contributed by atoms with Gasteiger partial charge in [-0.25, -0.2) is 0 Å². The first-order valence-corrected chi connectivity index (χ1v) is 7.39. The second-order valence-corrected chi connectivity index (χ2v) is 5.16. The monoisotopic (exact) mass is 316 g/mol. The van der Waals surface area contributed by atoms with E-state index in [0.717, 1.165) is 11.3 Å². The van der Waals surface area contributed by atoms with Gasteiger partial charge in [-0.1, -0.05) is 12.1 Å². The minimum atomic E-state index is -0.402. The molecule has 0 atom stereocenters. The van der Waals surface area contributed by atoms with Gasteiger partial charge in [0.15, 0.2) is 0 Å². The summed E-state index contributed by atoms with van der Waals surface area (Å²) in [6.07, 6.45) is 2.24. The van der Waals surface area contributed by atoms with Crippen molar-refractivity contribution < 1.29 is 18.7 Å². The number of aryl methyl sites for hydroxylation is 2. The summed E-state index contributed by atoms with van der Waals surface area (Å²) in [6.45, 7) is 4.11. The van der Waals surface area contributed by atoms with E-state index in [1.165, 1.54) is 6.26 Å². The highest BCUT2D eigenvalue weighted by atomic mass is 16.5. The maximum Gasteiger partial charge on any atom is 0.273 e. The average Bonchev–Trinajstić information content (AvgIpc) is 2.95. The van der Waals surface area contributed by atoms with Gasteiger partial charge in [-0.05, 0) is 44.0 Å². The Balaban J connectivity index is 1.64. The van der Waals surface area contributed by atoms with Crippen molar-refractivity contribution in [1.29, 1.82) is 0 Å². The first kappa shape index (κ1) is 16.6. The van der Waals surface area contributed by atoms with Gasteiger partial charge < -0.3 is 9.15 Å². The second-order valence-electron chi connectivity index (χ2n) is 5.16. The van der Waals surface area contributed by atoms with E-state index in [1.807, 2.05) is 31.2 Å². The molecule has 0 saturated carbocycles. The molecule has 0 spiro atoms. The normalized spacial score (nSPS) is 10.2. The number of hydrogen-bond acceptors (Lipinski definition) is 4. The summed E-state index contributed by atoms with van der Waals surface area (Å²) >= 11 is 0. The minimum absolute atomic E-state index is 0.260. The SMILES string of the molecule is Cc1cccc(OCCCC(=O)NNC(=O)c2ccoc2C)c1. The Morgan fingerprint density at radius 3 is 2.70 bits per heavy atom. The fourth-order valence-corrected chi connectivity index (χ4v) is 2.00. The molecule has 0 fully saturated rings. The number of benzene rings is 1. The zero-order chi connectivity index (χ0) is 16.7. The van der Waals surface area contributed by atoms with Crippen molar-refractivity contribution in [1.82, 2.24) is 10.9 Å². The largest absolute Gasteiger partial charge is 0.494 e. The molecule has 6 nitrogen and oxygen atoms in total. The number of ether oxygens (including phenoxy) is 1. The lowest BCUT2D eigenvalue weighted by molar-refractivity contribution is -0.122. The van der Waals surface area contributed by atoms with Gasteiger partial charge in [-0.3, -0.25) is 20.4 Å². The Morgan fingerprint density at radius 1 is 1.17 bits per heavy atom. The predicted octanol–water partition coefficient (Wildman–Crippen LogP) is 2.52. The van der Waals surface area contributed by atoms with E-state index < -0.39 is 5.91 Å². The zero-order valence-corrected chi connectivity index (χ0v) is 13.2. The average molecular weight is 316 g/mol. The molecule has 1 heterocycles. The van der Waals surface area contributed by atoms with Gasteiger partial charge in [0.25, 0.3) is 5.91 Å². The molecule has 1 aromatic heterocycles. The van der Waals surface area contributed by atoms with Crippen LogP contribution in [0.15, 0.2) is 41.0 Å².